The van der Waals surface area contributed by atoms with Gasteiger partial charge in [0, 0.05) is 26.2 Å². The van der Waals surface area contributed by atoms with Crippen molar-refractivity contribution in [2.24, 2.45) is 0 Å². The second-order valence-electron chi connectivity index (χ2n) is 8.14. The van der Waals surface area contributed by atoms with E-state index in [0.29, 0.717) is 19.6 Å². The molecule has 2 heterocycles. The minimum Gasteiger partial charge on any atom is -0.492 e. The number of hydrogen-bond acceptors (Lipinski definition) is 6. The van der Waals surface area contributed by atoms with Crippen molar-refractivity contribution in [3.8, 4) is 5.75 Å². The molecule has 1 fully saturated rings. The fourth-order valence-corrected chi connectivity index (χ4v) is 5.02. The fourth-order valence-electron chi connectivity index (χ4n) is 3.99. The van der Waals surface area contributed by atoms with Crippen molar-refractivity contribution >= 4 is 32.6 Å². The number of thiazole rings is 1. The van der Waals surface area contributed by atoms with Gasteiger partial charge in [0.25, 0.3) is 0 Å². The molecule has 6 nitrogen and oxygen atoms in total. The van der Waals surface area contributed by atoms with Crippen molar-refractivity contribution in [3.05, 3.63) is 53.1 Å². The van der Waals surface area contributed by atoms with Crippen molar-refractivity contribution in [2.45, 2.75) is 27.2 Å². The molecule has 0 aliphatic carbocycles. The number of rotatable bonds is 8. The second kappa shape index (κ2) is 10.4. The molecule has 32 heavy (non-hydrogen) atoms. The van der Waals surface area contributed by atoms with Crippen LogP contribution in [-0.4, -0.2) is 61.8 Å². The molecule has 0 N–H and O–H groups in total. The van der Waals surface area contributed by atoms with E-state index in [1.165, 1.54) is 5.56 Å². The van der Waals surface area contributed by atoms with Gasteiger partial charge in [-0.25, -0.2) is 4.98 Å². The standard InChI is InChI=1S/C25H31N3O3S/c1-4-31-21-6-5-7-22-24(21)26-25(32-22)28(11-10-27-12-14-30-15-13-27)23(29)17-20-9-8-18(2)16-19(20)3/h5-9,16H,4,10-15,17H2,1-3H3. The van der Waals surface area contributed by atoms with Gasteiger partial charge in [0.1, 0.15) is 11.3 Å². The minimum atomic E-state index is 0.0715. The maximum Gasteiger partial charge on any atom is 0.233 e. The summed E-state index contributed by atoms with van der Waals surface area (Å²) in [5.74, 6) is 0.838. The number of fused-ring (bicyclic) bond motifs is 1. The number of carbonyl (C=O) groups is 1. The summed E-state index contributed by atoms with van der Waals surface area (Å²) < 4.78 is 12.3. The number of nitrogens with zero attached hydrogens (tertiary/aromatic N) is 3. The molecule has 1 amide bonds. The van der Waals surface area contributed by atoms with Crippen LogP contribution in [-0.2, 0) is 16.0 Å². The lowest BCUT2D eigenvalue weighted by Gasteiger charge is -2.29. The van der Waals surface area contributed by atoms with Crippen LogP contribution in [0.3, 0.4) is 0 Å². The number of para-hydroxylation sites is 1. The average Bonchev–Trinajstić information content (AvgIpc) is 3.22. The van der Waals surface area contributed by atoms with E-state index in [-0.39, 0.29) is 5.91 Å². The van der Waals surface area contributed by atoms with Crippen LogP contribution in [0.4, 0.5) is 5.13 Å². The van der Waals surface area contributed by atoms with Crippen molar-refractivity contribution in [3.63, 3.8) is 0 Å². The van der Waals surface area contributed by atoms with E-state index < -0.39 is 0 Å². The summed E-state index contributed by atoms with van der Waals surface area (Å²) in [6.45, 7) is 11.4. The Kier molecular flexibility index (Phi) is 7.40. The van der Waals surface area contributed by atoms with Gasteiger partial charge in [-0.05, 0) is 44.0 Å². The van der Waals surface area contributed by atoms with E-state index in [1.807, 2.05) is 30.0 Å². The number of amides is 1. The molecule has 4 rings (SSSR count). The third kappa shape index (κ3) is 5.28. The number of anilines is 1. The van der Waals surface area contributed by atoms with Crippen LogP contribution < -0.4 is 9.64 Å². The summed E-state index contributed by atoms with van der Waals surface area (Å²) in [6, 6.07) is 12.2. The van der Waals surface area contributed by atoms with Gasteiger partial charge in [0.05, 0.1) is 30.9 Å². The van der Waals surface area contributed by atoms with E-state index in [9.17, 15) is 4.79 Å². The Balaban J connectivity index is 1.61. The van der Waals surface area contributed by atoms with Gasteiger partial charge >= 0.3 is 0 Å². The Hall–Kier alpha value is -2.48. The summed E-state index contributed by atoms with van der Waals surface area (Å²) in [5.41, 5.74) is 4.24. The highest BCUT2D eigenvalue weighted by Crippen LogP contribution is 2.34. The maximum atomic E-state index is 13.5. The van der Waals surface area contributed by atoms with Crippen LogP contribution in [0.5, 0.6) is 5.75 Å². The monoisotopic (exact) mass is 453 g/mol. The third-order valence-electron chi connectivity index (χ3n) is 5.79. The molecule has 7 heteroatoms. The summed E-state index contributed by atoms with van der Waals surface area (Å²) >= 11 is 1.55. The zero-order valence-electron chi connectivity index (χ0n) is 19.1. The fraction of sp³-hybridized carbons (Fsp3) is 0.440. The molecular formula is C25H31N3O3S. The first kappa shape index (κ1) is 22.7. The maximum absolute atomic E-state index is 13.5. The quantitative estimate of drug-likeness (QED) is 0.511. The summed E-state index contributed by atoms with van der Waals surface area (Å²) in [7, 11) is 0. The normalized spacial score (nSPS) is 14.6. The molecule has 0 unspecified atom stereocenters. The number of carbonyl (C=O) groups excluding carboxylic acids is 1. The van der Waals surface area contributed by atoms with Gasteiger partial charge in [-0.2, -0.15) is 0 Å². The van der Waals surface area contributed by atoms with Gasteiger partial charge in [-0.1, -0.05) is 41.2 Å². The smallest absolute Gasteiger partial charge is 0.233 e. The van der Waals surface area contributed by atoms with E-state index in [0.717, 1.165) is 65.1 Å². The number of aryl methyl sites for hydroxylation is 2. The Morgan fingerprint density at radius 2 is 2.03 bits per heavy atom. The number of benzene rings is 2. The number of ether oxygens (including phenoxy) is 2. The largest absolute Gasteiger partial charge is 0.492 e. The lowest BCUT2D eigenvalue weighted by Crippen LogP contribution is -2.43. The van der Waals surface area contributed by atoms with Crippen LogP contribution in [0.15, 0.2) is 36.4 Å². The first-order valence-electron chi connectivity index (χ1n) is 11.2. The van der Waals surface area contributed by atoms with Crippen LogP contribution >= 0.6 is 11.3 Å². The molecule has 170 valence electrons. The van der Waals surface area contributed by atoms with Gasteiger partial charge < -0.3 is 9.47 Å². The van der Waals surface area contributed by atoms with Crippen molar-refractivity contribution in [1.29, 1.82) is 0 Å². The molecule has 0 bridgehead atoms. The molecule has 1 aliphatic heterocycles. The van der Waals surface area contributed by atoms with E-state index >= 15 is 0 Å². The zero-order chi connectivity index (χ0) is 22.5. The molecule has 0 spiro atoms. The van der Waals surface area contributed by atoms with Gasteiger partial charge in [0.15, 0.2) is 5.13 Å². The highest BCUT2D eigenvalue weighted by molar-refractivity contribution is 7.22. The van der Waals surface area contributed by atoms with E-state index in [1.54, 1.807) is 11.3 Å². The highest BCUT2D eigenvalue weighted by atomic mass is 32.1. The summed E-state index contributed by atoms with van der Waals surface area (Å²) in [5, 5.41) is 0.732. The van der Waals surface area contributed by atoms with Crippen LogP contribution in [0.1, 0.15) is 23.6 Å². The van der Waals surface area contributed by atoms with Crippen molar-refractivity contribution in [1.82, 2.24) is 9.88 Å². The molecule has 3 aromatic rings. The predicted octanol–water partition coefficient (Wildman–Crippen LogP) is 4.22. The first-order chi connectivity index (χ1) is 15.5. The summed E-state index contributed by atoms with van der Waals surface area (Å²) in [6.07, 6.45) is 0.365. The van der Waals surface area contributed by atoms with Gasteiger partial charge in [0.2, 0.25) is 5.91 Å². The summed E-state index contributed by atoms with van der Waals surface area (Å²) in [4.78, 5) is 22.6. The highest BCUT2D eigenvalue weighted by Gasteiger charge is 2.23. The van der Waals surface area contributed by atoms with E-state index in [2.05, 4.69) is 36.9 Å². The Morgan fingerprint density at radius 3 is 2.78 bits per heavy atom. The van der Waals surface area contributed by atoms with Crippen LogP contribution in [0.2, 0.25) is 0 Å². The number of hydrogen-bond donors (Lipinski definition) is 0. The van der Waals surface area contributed by atoms with Crippen molar-refractivity contribution in [2.75, 3.05) is 50.9 Å². The zero-order valence-corrected chi connectivity index (χ0v) is 19.9. The van der Waals surface area contributed by atoms with Crippen molar-refractivity contribution < 1.29 is 14.3 Å². The van der Waals surface area contributed by atoms with Crippen LogP contribution in [0, 0.1) is 13.8 Å². The number of morpholine rings is 1. The topological polar surface area (TPSA) is 54.9 Å². The first-order valence-corrected chi connectivity index (χ1v) is 12.1. The molecule has 1 aromatic heterocycles. The van der Waals surface area contributed by atoms with Gasteiger partial charge in [-0.3, -0.25) is 14.6 Å². The Bertz CT molecular complexity index is 1080. The Morgan fingerprint density at radius 1 is 1.22 bits per heavy atom. The number of aromatic nitrogens is 1. The Labute approximate surface area is 193 Å². The van der Waals surface area contributed by atoms with Crippen LogP contribution in [0.25, 0.3) is 10.2 Å². The minimum absolute atomic E-state index is 0.0715. The molecule has 0 atom stereocenters. The second-order valence-corrected chi connectivity index (χ2v) is 9.15. The van der Waals surface area contributed by atoms with Gasteiger partial charge in [-0.15, -0.1) is 0 Å². The SMILES string of the molecule is CCOc1cccc2sc(N(CCN3CCOCC3)C(=O)Cc3ccc(C)cc3C)nc12. The molecular weight excluding hydrogens is 422 g/mol. The average molecular weight is 454 g/mol. The predicted molar refractivity (Wildman–Crippen MR) is 130 cm³/mol. The van der Waals surface area contributed by atoms with E-state index in [4.69, 9.17) is 14.5 Å². The molecule has 1 aliphatic rings. The molecule has 1 saturated heterocycles. The lowest BCUT2D eigenvalue weighted by molar-refractivity contribution is -0.118. The third-order valence-corrected chi connectivity index (χ3v) is 6.83. The molecule has 2 aromatic carbocycles. The lowest BCUT2D eigenvalue weighted by atomic mass is 10.0. The molecule has 0 saturated carbocycles. The molecule has 0 radical (unpaired) electrons.